The molecule has 1 amide bonds. The molecule has 2 aromatic rings. The van der Waals surface area contributed by atoms with Crippen LogP contribution in [-0.2, 0) is 39.1 Å². The number of methoxy groups -OCH3 is 1. The number of hydrogen-bond acceptors (Lipinski definition) is 6. The van der Waals surface area contributed by atoms with Crippen LogP contribution in [0, 0.1) is 11.7 Å². The smallest absolute Gasteiger partial charge is 0.340 e. The molecule has 1 aliphatic carbocycles. The third-order valence-electron chi connectivity index (χ3n) is 5.94. The summed E-state index contributed by atoms with van der Waals surface area (Å²) in [7, 11) is -2.87. The van der Waals surface area contributed by atoms with Gasteiger partial charge in [0.25, 0.3) is 10.0 Å². The second kappa shape index (κ2) is 9.74. The summed E-state index contributed by atoms with van der Waals surface area (Å²) in [4.78, 5) is 27.9. The second-order valence-electron chi connectivity index (χ2n) is 8.10. The van der Waals surface area contributed by atoms with E-state index in [1.807, 2.05) is 6.08 Å². The number of allylic oxidation sites excluding steroid dienone is 2. The molecule has 1 atom stereocenters. The molecule has 4 rings (SSSR count). The largest absolute Gasteiger partial charge is 0.465 e. The Morgan fingerprint density at radius 3 is 2.82 bits per heavy atom. The molecule has 176 valence electrons. The Labute approximate surface area is 196 Å². The van der Waals surface area contributed by atoms with E-state index in [1.54, 1.807) is 11.0 Å². The van der Waals surface area contributed by atoms with Gasteiger partial charge in [-0.05, 0) is 48.9 Å². The number of thiophene rings is 1. The third-order valence-corrected chi connectivity index (χ3v) is 9.08. The lowest BCUT2D eigenvalue weighted by Crippen LogP contribution is -2.39. The summed E-state index contributed by atoms with van der Waals surface area (Å²) < 4.78 is 46.9. The lowest BCUT2D eigenvalue weighted by atomic mass is 9.92. The van der Waals surface area contributed by atoms with Crippen LogP contribution in [0.3, 0.4) is 0 Å². The minimum atomic E-state index is -4.08. The zero-order valence-electron chi connectivity index (χ0n) is 18.2. The molecule has 0 radical (unpaired) electrons. The van der Waals surface area contributed by atoms with Crippen molar-refractivity contribution >= 4 is 33.2 Å². The first-order valence-corrected chi connectivity index (χ1v) is 13.0. The summed E-state index contributed by atoms with van der Waals surface area (Å²) in [6.45, 7) is 0.564. The molecule has 2 heterocycles. The Hall–Kier alpha value is -2.56. The van der Waals surface area contributed by atoms with Crippen LogP contribution in [0.2, 0.25) is 0 Å². The number of nitrogens with zero attached hydrogens (tertiary/aromatic N) is 1. The number of nitrogens with one attached hydrogen (secondary N) is 1. The van der Waals surface area contributed by atoms with Gasteiger partial charge in [-0.2, -0.15) is 0 Å². The van der Waals surface area contributed by atoms with Gasteiger partial charge in [0.1, 0.15) is 10.0 Å². The van der Waals surface area contributed by atoms with Crippen molar-refractivity contribution < 1.29 is 27.1 Å². The predicted octanol–water partition coefficient (Wildman–Crippen LogP) is 3.39. The van der Waals surface area contributed by atoms with E-state index in [-0.39, 0.29) is 34.7 Å². The van der Waals surface area contributed by atoms with Crippen molar-refractivity contribution in [1.82, 2.24) is 9.62 Å². The van der Waals surface area contributed by atoms with E-state index in [2.05, 4.69) is 10.8 Å². The van der Waals surface area contributed by atoms with Crippen LogP contribution in [0.5, 0.6) is 0 Å². The van der Waals surface area contributed by atoms with Crippen LogP contribution in [0.25, 0.3) is 0 Å². The zero-order chi connectivity index (χ0) is 23.6. The summed E-state index contributed by atoms with van der Waals surface area (Å²) in [6.07, 6.45) is 6.87. The number of halogens is 1. The van der Waals surface area contributed by atoms with Crippen molar-refractivity contribution in [3.63, 3.8) is 0 Å². The predicted molar refractivity (Wildman–Crippen MR) is 122 cm³/mol. The van der Waals surface area contributed by atoms with E-state index in [4.69, 9.17) is 4.74 Å². The average molecular weight is 493 g/mol. The Kier molecular flexibility index (Phi) is 6.96. The molecule has 0 fully saturated rings. The van der Waals surface area contributed by atoms with Crippen molar-refractivity contribution in [2.75, 3.05) is 13.7 Å². The Bertz CT molecular complexity index is 1210. The van der Waals surface area contributed by atoms with Gasteiger partial charge in [-0.1, -0.05) is 24.3 Å². The van der Waals surface area contributed by atoms with Crippen LogP contribution in [-0.4, -0.2) is 38.8 Å². The molecular weight excluding hydrogens is 467 g/mol. The van der Waals surface area contributed by atoms with Gasteiger partial charge >= 0.3 is 5.97 Å². The average Bonchev–Trinajstić information content (AvgIpc) is 3.22. The van der Waals surface area contributed by atoms with Crippen molar-refractivity contribution in [1.29, 1.82) is 0 Å². The highest BCUT2D eigenvalue weighted by Gasteiger charge is 2.36. The van der Waals surface area contributed by atoms with Crippen LogP contribution < -0.4 is 4.72 Å². The topological polar surface area (TPSA) is 92.8 Å². The first-order chi connectivity index (χ1) is 15.8. The van der Waals surface area contributed by atoms with Gasteiger partial charge in [0.05, 0.1) is 19.2 Å². The van der Waals surface area contributed by atoms with E-state index < -0.39 is 21.8 Å². The summed E-state index contributed by atoms with van der Waals surface area (Å²) >= 11 is 0.985. The van der Waals surface area contributed by atoms with Crippen molar-refractivity contribution in [2.24, 2.45) is 5.92 Å². The number of benzene rings is 1. The number of sulfonamides is 1. The summed E-state index contributed by atoms with van der Waals surface area (Å²) in [5.74, 6) is -1.19. The van der Waals surface area contributed by atoms with Gasteiger partial charge in [0.2, 0.25) is 5.91 Å². The molecule has 0 spiro atoms. The number of carbonyl (C=O) groups is 2. The van der Waals surface area contributed by atoms with Gasteiger partial charge in [-0.15, -0.1) is 11.3 Å². The van der Waals surface area contributed by atoms with E-state index in [9.17, 15) is 22.4 Å². The molecule has 10 heteroatoms. The molecule has 1 aromatic carbocycles. The highest BCUT2D eigenvalue weighted by Crippen LogP contribution is 2.37. The molecule has 33 heavy (non-hydrogen) atoms. The van der Waals surface area contributed by atoms with Crippen LogP contribution in [0.15, 0.2) is 40.6 Å². The fraction of sp³-hybridized carbons (Fsp3) is 0.391. The van der Waals surface area contributed by atoms with E-state index in [1.165, 1.54) is 25.3 Å². The number of fused-ring (bicyclic) bond motifs is 1. The zero-order valence-corrected chi connectivity index (χ0v) is 19.8. The van der Waals surface area contributed by atoms with Crippen LogP contribution in [0.1, 0.15) is 45.6 Å². The van der Waals surface area contributed by atoms with Gasteiger partial charge in [-0.25, -0.2) is 22.3 Å². The molecule has 1 aliphatic heterocycles. The monoisotopic (exact) mass is 492 g/mol. The maximum absolute atomic E-state index is 13.4. The highest BCUT2D eigenvalue weighted by molar-refractivity contribution is 7.91. The van der Waals surface area contributed by atoms with Crippen LogP contribution >= 0.6 is 11.3 Å². The number of amides is 1. The maximum atomic E-state index is 13.4. The van der Waals surface area contributed by atoms with Gasteiger partial charge in [-0.3, -0.25) is 4.79 Å². The van der Waals surface area contributed by atoms with Crippen LogP contribution in [0.4, 0.5) is 4.39 Å². The van der Waals surface area contributed by atoms with Crippen molar-refractivity contribution in [2.45, 2.75) is 43.0 Å². The Morgan fingerprint density at radius 1 is 1.30 bits per heavy atom. The fourth-order valence-electron chi connectivity index (χ4n) is 4.23. The molecule has 7 nitrogen and oxygen atoms in total. The molecule has 0 bridgehead atoms. The number of hydrogen-bond donors (Lipinski definition) is 1. The van der Waals surface area contributed by atoms with E-state index in [0.717, 1.165) is 24.2 Å². The Morgan fingerprint density at radius 2 is 2.12 bits per heavy atom. The van der Waals surface area contributed by atoms with Gasteiger partial charge < -0.3 is 9.64 Å². The molecule has 1 aromatic heterocycles. The van der Waals surface area contributed by atoms with Gasteiger partial charge in [0, 0.05) is 23.9 Å². The van der Waals surface area contributed by atoms with E-state index in [0.29, 0.717) is 35.4 Å². The third kappa shape index (κ3) is 5.02. The number of ether oxygens (including phenoxy) is 1. The van der Waals surface area contributed by atoms with Gasteiger partial charge in [0.15, 0.2) is 0 Å². The molecular formula is C23H25FN2O5S2. The fourth-order valence-corrected chi connectivity index (χ4v) is 7.19. The van der Waals surface area contributed by atoms with Crippen molar-refractivity contribution in [3.8, 4) is 0 Å². The lowest BCUT2D eigenvalue weighted by molar-refractivity contribution is -0.136. The molecule has 1 N–H and O–H groups in total. The second-order valence-corrected chi connectivity index (χ2v) is 11.2. The number of esters is 1. The first-order valence-electron chi connectivity index (χ1n) is 10.7. The normalized spacial score (nSPS) is 18.1. The summed E-state index contributed by atoms with van der Waals surface area (Å²) in [6, 6.07) is 5.62. The quantitative estimate of drug-likeness (QED) is 0.493. The number of rotatable bonds is 6. The minimum absolute atomic E-state index is 0.0249. The standard InChI is InChI=1S/C23H25FN2O5S2/c1-31-22(28)20-18-10-11-26(21(27)16-7-3-2-4-8-16)14-19(18)32-23(20)33(29,30)25-13-15-6-5-9-17(24)12-15/h2-3,5-6,9,12,16,25H,4,7-8,10-11,13-14H2,1H3. The van der Waals surface area contributed by atoms with Crippen molar-refractivity contribution in [3.05, 3.63) is 63.8 Å². The van der Waals surface area contributed by atoms with E-state index >= 15 is 0 Å². The molecule has 1 unspecified atom stereocenters. The molecule has 2 aliphatic rings. The maximum Gasteiger partial charge on any atom is 0.340 e. The molecule has 0 saturated heterocycles. The number of carbonyl (C=O) groups excluding carboxylic acids is 2. The lowest BCUT2D eigenvalue weighted by Gasteiger charge is -2.31. The summed E-state index contributed by atoms with van der Waals surface area (Å²) in [5, 5.41) is 0. The summed E-state index contributed by atoms with van der Waals surface area (Å²) in [5.41, 5.74) is 1.10. The SMILES string of the molecule is COC(=O)c1c(S(=O)(=O)NCc2cccc(F)c2)sc2c1CCN(C(=O)C1CC=CCC1)C2. The molecule has 0 saturated carbocycles. The highest BCUT2D eigenvalue weighted by atomic mass is 32.2. The first kappa shape index (κ1) is 23.6. The Balaban J connectivity index is 1.60. The minimum Gasteiger partial charge on any atom is -0.465 e.